The molecule has 0 aromatic heterocycles. The molecule has 1 aliphatic rings. The van der Waals surface area contributed by atoms with Crippen LogP contribution < -0.4 is 5.73 Å². The molecule has 18 heavy (non-hydrogen) atoms. The van der Waals surface area contributed by atoms with E-state index < -0.39 is 12.0 Å². The molecule has 0 aromatic carbocycles. The quantitative estimate of drug-likeness (QED) is 0.748. The normalized spacial score (nSPS) is 21.7. The molecule has 0 aromatic rings. The van der Waals surface area contributed by atoms with E-state index in [1.165, 1.54) is 0 Å². The van der Waals surface area contributed by atoms with Gasteiger partial charge in [-0.05, 0) is 44.6 Å². The Bertz CT molecular complexity index is 294. The van der Waals surface area contributed by atoms with E-state index >= 15 is 0 Å². The molecule has 1 rings (SSSR count). The number of carbonyl (C=O) groups excluding carboxylic acids is 1. The molecule has 0 bridgehead atoms. The first kappa shape index (κ1) is 15.0. The zero-order chi connectivity index (χ0) is 13.5. The van der Waals surface area contributed by atoms with E-state index in [9.17, 15) is 9.59 Å². The van der Waals surface area contributed by atoms with Gasteiger partial charge in [0.2, 0.25) is 5.91 Å². The van der Waals surface area contributed by atoms with Gasteiger partial charge in [0.05, 0.1) is 0 Å². The molecule has 1 fully saturated rings. The molecule has 3 N–H and O–H groups in total. The lowest BCUT2D eigenvalue weighted by molar-refractivity contribution is -0.152. The number of hydrogen-bond acceptors (Lipinski definition) is 3. The number of carboxylic acid groups (broad SMARTS) is 1. The maximum absolute atomic E-state index is 12.1. The van der Waals surface area contributed by atoms with Crippen LogP contribution >= 0.6 is 0 Å². The van der Waals surface area contributed by atoms with E-state index in [0.29, 0.717) is 31.8 Å². The summed E-state index contributed by atoms with van der Waals surface area (Å²) in [5.41, 5.74) is 5.47. The van der Waals surface area contributed by atoms with Crippen LogP contribution in [-0.4, -0.2) is 41.0 Å². The van der Waals surface area contributed by atoms with Crippen molar-refractivity contribution in [3.63, 3.8) is 0 Å². The highest BCUT2D eigenvalue weighted by Crippen LogP contribution is 2.20. The van der Waals surface area contributed by atoms with Gasteiger partial charge in [0.1, 0.15) is 6.04 Å². The van der Waals surface area contributed by atoms with Crippen LogP contribution in [0.5, 0.6) is 0 Å². The van der Waals surface area contributed by atoms with Crippen LogP contribution in [0, 0.1) is 5.92 Å². The number of aliphatic carboxylic acids is 1. The van der Waals surface area contributed by atoms with Crippen molar-refractivity contribution < 1.29 is 14.7 Å². The van der Waals surface area contributed by atoms with Gasteiger partial charge in [-0.3, -0.25) is 4.79 Å². The Morgan fingerprint density at radius 1 is 1.39 bits per heavy atom. The lowest BCUT2D eigenvalue weighted by Gasteiger charge is -2.33. The third kappa shape index (κ3) is 4.29. The van der Waals surface area contributed by atoms with Crippen LogP contribution in [0.3, 0.4) is 0 Å². The molecular weight excluding hydrogens is 232 g/mol. The molecule has 1 aliphatic heterocycles. The lowest BCUT2D eigenvalue weighted by Crippen LogP contribution is -2.48. The number of rotatable bonds is 6. The summed E-state index contributed by atoms with van der Waals surface area (Å²) in [6, 6.07) is -0.615. The minimum atomic E-state index is -0.877. The van der Waals surface area contributed by atoms with Crippen molar-refractivity contribution >= 4 is 11.9 Å². The Labute approximate surface area is 108 Å². The average molecular weight is 256 g/mol. The van der Waals surface area contributed by atoms with Gasteiger partial charge in [-0.15, -0.1) is 0 Å². The Morgan fingerprint density at radius 3 is 2.72 bits per heavy atom. The van der Waals surface area contributed by atoms with Crippen molar-refractivity contribution in [2.24, 2.45) is 11.7 Å². The molecule has 0 spiro atoms. The number of nitrogens with zero attached hydrogens (tertiary/aromatic N) is 1. The number of carboxylic acids is 1. The third-order valence-corrected chi connectivity index (χ3v) is 3.62. The van der Waals surface area contributed by atoms with Gasteiger partial charge < -0.3 is 15.7 Å². The van der Waals surface area contributed by atoms with Crippen LogP contribution in [-0.2, 0) is 9.59 Å². The van der Waals surface area contributed by atoms with E-state index in [2.05, 4.69) is 6.92 Å². The summed E-state index contributed by atoms with van der Waals surface area (Å²) in [4.78, 5) is 24.7. The SMILES string of the molecule is CC(CCN)CCC(=O)N1CCCC[C@H]1C(=O)O. The smallest absolute Gasteiger partial charge is 0.326 e. The summed E-state index contributed by atoms with van der Waals surface area (Å²) in [5, 5.41) is 9.11. The van der Waals surface area contributed by atoms with Crippen molar-refractivity contribution in [2.75, 3.05) is 13.1 Å². The Kier molecular flexibility index (Phi) is 6.12. The number of carbonyl (C=O) groups is 2. The Morgan fingerprint density at radius 2 is 2.11 bits per heavy atom. The van der Waals surface area contributed by atoms with Gasteiger partial charge >= 0.3 is 5.97 Å². The molecule has 0 aliphatic carbocycles. The number of hydrogen-bond donors (Lipinski definition) is 2. The van der Waals surface area contributed by atoms with Crippen LogP contribution in [0.15, 0.2) is 0 Å². The molecular formula is C13H24N2O3. The second-order valence-corrected chi connectivity index (χ2v) is 5.16. The highest BCUT2D eigenvalue weighted by atomic mass is 16.4. The minimum absolute atomic E-state index is 0.0222. The fraction of sp³-hybridized carbons (Fsp3) is 0.846. The van der Waals surface area contributed by atoms with Gasteiger partial charge in [-0.1, -0.05) is 6.92 Å². The van der Waals surface area contributed by atoms with Crippen molar-refractivity contribution in [1.82, 2.24) is 4.90 Å². The van der Waals surface area contributed by atoms with E-state index in [1.54, 1.807) is 4.90 Å². The molecule has 104 valence electrons. The first-order valence-electron chi connectivity index (χ1n) is 6.78. The number of amides is 1. The summed E-state index contributed by atoms with van der Waals surface area (Å²) in [7, 11) is 0. The zero-order valence-corrected chi connectivity index (χ0v) is 11.1. The maximum Gasteiger partial charge on any atom is 0.326 e. The van der Waals surface area contributed by atoms with Crippen molar-refractivity contribution in [1.29, 1.82) is 0 Å². The van der Waals surface area contributed by atoms with Crippen LogP contribution in [0.1, 0.15) is 45.4 Å². The lowest BCUT2D eigenvalue weighted by atomic mass is 9.98. The van der Waals surface area contributed by atoms with E-state index in [1.807, 2.05) is 0 Å². The van der Waals surface area contributed by atoms with Gasteiger partial charge in [0, 0.05) is 13.0 Å². The summed E-state index contributed by atoms with van der Waals surface area (Å²) in [5.74, 6) is -0.476. The highest BCUT2D eigenvalue weighted by Gasteiger charge is 2.31. The predicted octanol–water partition coefficient (Wildman–Crippen LogP) is 1.22. The molecule has 1 unspecified atom stereocenters. The molecule has 1 saturated heterocycles. The number of piperidine rings is 1. The monoisotopic (exact) mass is 256 g/mol. The van der Waals surface area contributed by atoms with Crippen molar-refractivity contribution in [3.05, 3.63) is 0 Å². The largest absolute Gasteiger partial charge is 0.480 e. The molecule has 5 heteroatoms. The molecule has 1 heterocycles. The van der Waals surface area contributed by atoms with Crippen LogP contribution in [0.2, 0.25) is 0 Å². The van der Waals surface area contributed by atoms with Gasteiger partial charge in [-0.25, -0.2) is 4.79 Å². The minimum Gasteiger partial charge on any atom is -0.480 e. The summed E-state index contributed by atoms with van der Waals surface area (Å²) >= 11 is 0. The second-order valence-electron chi connectivity index (χ2n) is 5.16. The van der Waals surface area contributed by atoms with Gasteiger partial charge in [0.25, 0.3) is 0 Å². The summed E-state index contributed by atoms with van der Waals surface area (Å²) < 4.78 is 0. The van der Waals surface area contributed by atoms with Crippen molar-refractivity contribution in [3.8, 4) is 0 Å². The third-order valence-electron chi connectivity index (χ3n) is 3.62. The molecule has 5 nitrogen and oxygen atoms in total. The Balaban J connectivity index is 2.45. The predicted molar refractivity (Wildman–Crippen MR) is 69.1 cm³/mol. The van der Waals surface area contributed by atoms with Crippen LogP contribution in [0.4, 0.5) is 0 Å². The highest BCUT2D eigenvalue weighted by molar-refractivity contribution is 5.83. The molecule has 0 radical (unpaired) electrons. The topological polar surface area (TPSA) is 83.6 Å². The number of nitrogens with two attached hydrogens (primary N) is 1. The van der Waals surface area contributed by atoms with E-state index in [4.69, 9.17) is 10.8 Å². The maximum atomic E-state index is 12.1. The summed E-state index contributed by atoms with van der Waals surface area (Å²) in [6.45, 7) is 3.29. The summed E-state index contributed by atoms with van der Waals surface area (Å²) in [6.07, 6.45) is 4.52. The van der Waals surface area contributed by atoms with Crippen LogP contribution in [0.25, 0.3) is 0 Å². The molecule has 2 atom stereocenters. The fourth-order valence-electron chi connectivity index (χ4n) is 2.43. The average Bonchev–Trinajstić information content (AvgIpc) is 2.36. The second kappa shape index (κ2) is 7.36. The standard InChI is InChI=1S/C13H24N2O3/c1-10(7-8-14)5-6-12(16)15-9-3-2-4-11(15)13(17)18/h10-11H,2-9,14H2,1H3,(H,17,18)/t10?,11-/m0/s1. The van der Waals surface area contributed by atoms with E-state index in [-0.39, 0.29) is 5.91 Å². The van der Waals surface area contributed by atoms with Gasteiger partial charge in [0.15, 0.2) is 0 Å². The first-order chi connectivity index (χ1) is 8.56. The fourth-order valence-corrected chi connectivity index (χ4v) is 2.43. The van der Waals surface area contributed by atoms with Crippen molar-refractivity contribution in [2.45, 2.75) is 51.5 Å². The number of likely N-dealkylation sites (tertiary alicyclic amines) is 1. The van der Waals surface area contributed by atoms with E-state index in [0.717, 1.165) is 25.7 Å². The molecule has 1 amide bonds. The molecule has 0 saturated carbocycles. The Hall–Kier alpha value is -1.10. The zero-order valence-electron chi connectivity index (χ0n) is 11.1. The first-order valence-corrected chi connectivity index (χ1v) is 6.78. The van der Waals surface area contributed by atoms with Gasteiger partial charge in [-0.2, -0.15) is 0 Å².